The summed E-state index contributed by atoms with van der Waals surface area (Å²) in [5.41, 5.74) is 1.29. The van der Waals surface area contributed by atoms with Gasteiger partial charge in [0.05, 0.1) is 24.8 Å². The molecular weight excluding hydrogens is 268 g/mol. The molecule has 0 aromatic heterocycles. The molecule has 1 saturated heterocycles. The second-order valence-electron chi connectivity index (χ2n) is 5.63. The molecule has 1 fully saturated rings. The van der Waals surface area contributed by atoms with Crippen LogP contribution in [-0.2, 0) is 11.2 Å². The summed E-state index contributed by atoms with van der Waals surface area (Å²) in [6, 6.07) is 9.66. The molecule has 116 valence electrons. The van der Waals surface area contributed by atoms with Crippen LogP contribution in [0.4, 0.5) is 0 Å². The highest BCUT2D eigenvalue weighted by molar-refractivity contribution is 5.73. The number of aliphatic hydroxyl groups is 2. The first-order valence-corrected chi connectivity index (χ1v) is 7.46. The van der Waals surface area contributed by atoms with Gasteiger partial charge in [-0.25, -0.2) is 0 Å². The van der Waals surface area contributed by atoms with Crippen molar-refractivity contribution in [2.24, 2.45) is 0 Å². The van der Waals surface area contributed by atoms with Crippen LogP contribution < -0.4 is 5.32 Å². The second kappa shape index (κ2) is 7.54. The van der Waals surface area contributed by atoms with Gasteiger partial charge in [-0.15, -0.1) is 0 Å². The van der Waals surface area contributed by atoms with E-state index in [1.807, 2.05) is 18.2 Å². The van der Waals surface area contributed by atoms with Gasteiger partial charge in [0.1, 0.15) is 0 Å². The summed E-state index contributed by atoms with van der Waals surface area (Å²) in [7, 11) is 0. The van der Waals surface area contributed by atoms with Gasteiger partial charge in [-0.3, -0.25) is 9.69 Å². The van der Waals surface area contributed by atoms with Crippen LogP contribution in [0.25, 0.3) is 0 Å². The fourth-order valence-electron chi connectivity index (χ4n) is 2.98. The van der Waals surface area contributed by atoms with Crippen LogP contribution in [0.1, 0.15) is 18.9 Å². The van der Waals surface area contributed by atoms with E-state index in [0.29, 0.717) is 6.54 Å². The number of hydrogen-bond acceptors (Lipinski definition) is 4. The zero-order valence-electron chi connectivity index (χ0n) is 12.4. The van der Waals surface area contributed by atoms with E-state index >= 15 is 0 Å². The lowest BCUT2D eigenvalue weighted by Crippen LogP contribution is -2.44. The highest BCUT2D eigenvalue weighted by Gasteiger charge is 2.40. The number of aryl methyl sites for hydroxylation is 1. The molecule has 1 aromatic rings. The summed E-state index contributed by atoms with van der Waals surface area (Å²) >= 11 is 0. The lowest BCUT2D eigenvalue weighted by atomic mass is 10.1. The van der Waals surface area contributed by atoms with Crippen molar-refractivity contribution in [1.29, 1.82) is 0 Å². The van der Waals surface area contributed by atoms with Crippen molar-refractivity contribution >= 4 is 5.91 Å². The standard InChI is InChI=1S/C16H24N2O3/c1-12(20)17-14-10-18(15(11-19)16(14)21)9-5-8-13-6-3-2-4-7-13/h2-4,6-7,14-16,19,21H,5,8-11H2,1H3,(H,17,20)/t14-,15-,16+/m0/s1. The van der Waals surface area contributed by atoms with Gasteiger partial charge in [-0.1, -0.05) is 30.3 Å². The Labute approximate surface area is 125 Å². The van der Waals surface area contributed by atoms with E-state index < -0.39 is 6.10 Å². The third-order valence-corrected chi connectivity index (χ3v) is 4.04. The van der Waals surface area contributed by atoms with Crippen LogP contribution in [0.2, 0.25) is 0 Å². The van der Waals surface area contributed by atoms with Gasteiger partial charge in [-0.2, -0.15) is 0 Å². The van der Waals surface area contributed by atoms with Crippen molar-refractivity contribution in [3.63, 3.8) is 0 Å². The maximum absolute atomic E-state index is 11.1. The minimum Gasteiger partial charge on any atom is -0.395 e. The fourth-order valence-corrected chi connectivity index (χ4v) is 2.98. The minimum atomic E-state index is -0.712. The molecule has 0 bridgehead atoms. The normalized spacial score (nSPS) is 26.0. The van der Waals surface area contributed by atoms with Gasteiger partial charge in [-0.05, 0) is 24.9 Å². The molecule has 0 saturated carbocycles. The molecule has 1 heterocycles. The van der Waals surface area contributed by atoms with Crippen molar-refractivity contribution in [2.45, 2.75) is 38.0 Å². The molecule has 0 aliphatic carbocycles. The molecule has 3 N–H and O–H groups in total. The van der Waals surface area contributed by atoms with Gasteiger partial charge in [0.15, 0.2) is 0 Å². The van der Waals surface area contributed by atoms with Crippen LogP contribution >= 0.6 is 0 Å². The highest BCUT2D eigenvalue weighted by Crippen LogP contribution is 2.19. The molecule has 5 nitrogen and oxygen atoms in total. The Hall–Kier alpha value is -1.43. The summed E-state index contributed by atoms with van der Waals surface area (Å²) < 4.78 is 0. The Morgan fingerprint density at radius 1 is 1.38 bits per heavy atom. The third-order valence-electron chi connectivity index (χ3n) is 4.04. The number of nitrogens with zero attached hydrogens (tertiary/aromatic N) is 1. The monoisotopic (exact) mass is 292 g/mol. The second-order valence-corrected chi connectivity index (χ2v) is 5.63. The Morgan fingerprint density at radius 2 is 2.10 bits per heavy atom. The van der Waals surface area contributed by atoms with Crippen molar-refractivity contribution < 1.29 is 15.0 Å². The maximum atomic E-state index is 11.1. The topological polar surface area (TPSA) is 72.8 Å². The summed E-state index contributed by atoms with van der Waals surface area (Å²) in [6.45, 7) is 2.73. The van der Waals surface area contributed by atoms with Gasteiger partial charge in [0.25, 0.3) is 0 Å². The lowest BCUT2D eigenvalue weighted by molar-refractivity contribution is -0.120. The molecule has 0 radical (unpaired) electrons. The molecule has 3 atom stereocenters. The molecule has 5 heteroatoms. The van der Waals surface area contributed by atoms with Crippen LogP contribution in [0.15, 0.2) is 30.3 Å². The number of carbonyl (C=O) groups is 1. The zero-order chi connectivity index (χ0) is 15.2. The quantitative estimate of drug-likeness (QED) is 0.698. The predicted octanol–water partition coefficient (Wildman–Crippen LogP) is 0.161. The Bertz CT molecular complexity index is 452. The summed E-state index contributed by atoms with van der Waals surface area (Å²) in [4.78, 5) is 13.2. The average Bonchev–Trinajstić information content (AvgIpc) is 2.75. The number of carbonyl (C=O) groups excluding carboxylic acids is 1. The number of amides is 1. The van der Waals surface area contributed by atoms with E-state index in [4.69, 9.17) is 0 Å². The molecule has 21 heavy (non-hydrogen) atoms. The average molecular weight is 292 g/mol. The maximum Gasteiger partial charge on any atom is 0.217 e. The smallest absolute Gasteiger partial charge is 0.217 e. The number of hydrogen-bond donors (Lipinski definition) is 3. The lowest BCUT2D eigenvalue weighted by Gasteiger charge is -2.23. The Morgan fingerprint density at radius 3 is 2.71 bits per heavy atom. The molecule has 0 spiro atoms. The van der Waals surface area contributed by atoms with Crippen LogP contribution in [0, 0.1) is 0 Å². The number of nitrogens with one attached hydrogen (secondary N) is 1. The number of aliphatic hydroxyl groups excluding tert-OH is 2. The van der Waals surface area contributed by atoms with Crippen molar-refractivity contribution in [3.8, 4) is 0 Å². The zero-order valence-corrected chi connectivity index (χ0v) is 12.4. The summed E-state index contributed by atoms with van der Waals surface area (Å²) in [5.74, 6) is -0.151. The first-order valence-electron chi connectivity index (χ1n) is 7.46. The SMILES string of the molecule is CC(=O)N[C@H]1CN(CCCc2ccccc2)[C@@H](CO)[C@@H]1O. The van der Waals surface area contributed by atoms with E-state index in [2.05, 4.69) is 22.3 Å². The molecule has 1 aliphatic heterocycles. The van der Waals surface area contributed by atoms with Gasteiger partial charge >= 0.3 is 0 Å². The van der Waals surface area contributed by atoms with E-state index in [9.17, 15) is 15.0 Å². The minimum absolute atomic E-state index is 0.0947. The Balaban J connectivity index is 1.85. The van der Waals surface area contributed by atoms with Crippen molar-refractivity contribution in [2.75, 3.05) is 19.7 Å². The number of rotatable bonds is 6. The van der Waals surface area contributed by atoms with Gasteiger partial charge in [0.2, 0.25) is 5.91 Å². The van der Waals surface area contributed by atoms with Gasteiger partial charge in [0, 0.05) is 13.5 Å². The van der Waals surface area contributed by atoms with Gasteiger partial charge < -0.3 is 15.5 Å². The first-order chi connectivity index (χ1) is 10.1. The largest absolute Gasteiger partial charge is 0.395 e. The van der Waals surface area contributed by atoms with E-state index in [0.717, 1.165) is 19.4 Å². The number of benzene rings is 1. The molecule has 1 amide bonds. The fraction of sp³-hybridized carbons (Fsp3) is 0.562. The number of likely N-dealkylation sites (tertiary alicyclic amines) is 1. The van der Waals surface area contributed by atoms with Crippen molar-refractivity contribution in [1.82, 2.24) is 10.2 Å². The highest BCUT2D eigenvalue weighted by atomic mass is 16.3. The van der Waals surface area contributed by atoms with Crippen molar-refractivity contribution in [3.05, 3.63) is 35.9 Å². The Kier molecular flexibility index (Phi) is 5.73. The third kappa shape index (κ3) is 4.27. The summed E-state index contributed by atoms with van der Waals surface area (Å²) in [6.07, 6.45) is 1.21. The van der Waals surface area contributed by atoms with Crippen LogP contribution in [0.3, 0.4) is 0 Å². The van der Waals surface area contributed by atoms with Crippen LogP contribution in [0.5, 0.6) is 0 Å². The molecule has 0 unspecified atom stereocenters. The molecule has 1 aromatic carbocycles. The molecule has 1 aliphatic rings. The first kappa shape index (κ1) is 15.9. The van der Waals surface area contributed by atoms with E-state index in [1.54, 1.807) is 0 Å². The van der Waals surface area contributed by atoms with E-state index in [-0.39, 0.29) is 24.6 Å². The predicted molar refractivity (Wildman–Crippen MR) is 80.8 cm³/mol. The van der Waals surface area contributed by atoms with E-state index in [1.165, 1.54) is 12.5 Å². The summed E-state index contributed by atoms with van der Waals surface area (Å²) in [5, 5.41) is 22.4. The molecule has 2 rings (SSSR count). The molecular formula is C16H24N2O3. The van der Waals surface area contributed by atoms with Crippen LogP contribution in [-0.4, -0.2) is 58.9 Å².